The molecule has 3 heterocycles. The van der Waals surface area contributed by atoms with E-state index in [1.165, 1.54) is 0 Å². The molecule has 5 rings (SSSR count). The van der Waals surface area contributed by atoms with Gasteiger partial charge in [-0.15, -0.1) is 0 Å². The molecule has 0 atom stereocenters. The summed E-state index contributed by atoms with van der Waals surface area (Å²) < 4.78 is 3.62. The van der Waals surface area contributed by atoms with E-state index in [1.807, 2.05) is 72.5 Å². The summed E-state index contributed by atoms with van der Waals surface area (Å²) in [6.07, 6.45) is 9.34. The highest BCUT2D eigenvalue weighted by atomic mass is 16.2. The van der Waals surface area contributed by atoms with Crippen molar-refractivity contribution in [2.24, 2.45) is 7.05 Å². The Bertz CT molecular complexity index is 1390. The lowest BCUT2D eigenvalue weighted by Gasteiger charge is -2.23. The molecule has 0 radical (unpaired) electrons. The van der Waals surface area contributed by atoms with Crippen molar-refractivity contribution in [3.8, 4) is 16.8 Å². The Morgan fingerprint density at radius 3 is 2.61 bits per heavy atom. The highest BCUT2D eigenvalue weighted by Crippen LogP contribution is 2.22. The molecular weight excluding hydrogens is 478 g/mol. The van der Waals surface area contributed by atoms with Crippen LogP contribution >= 0.6 is 0 Å². The number of hydrogen-bond donors (Lipinski definition) is 3. The van der Waals surface area contributed by atoms with Gasteiger partial charge in [0.1, 0.15) is 0 Å². The van der Waals surface area contributed by atoms with Crippen LogP contribution in [-0.4, -0.2) is 50.3 Å². The molecule has 0 saturated carbocycles. The monoisotopic (exact) mass is 511 g/mol. The van der Waals surface area contributed by atoms with Crippen molar-refractivity contribution in [1.82, 2.24) is 30.0 Å². The zero-order valence-electron chi connectivity index (χ0n) is 21.6. The van der Waals surface area contributed by atoms with Crippen molar-refractivity contribution >= 4 is 17.8 Å². The Morgan fingerprint density at radius 1 is 1.03 bits per heavy atom. The Balaban J connectivity index is 1.28. The maximum absolute atomic E-state index is 13.2. The summed E-state index contributed by atoms with van der Waals surface area (Å²) in [6, 6.07) is 17.5. The summed E-state index contributed by atoms with van der Waals surface area (Å²) in [5.41, 5.74) is 4.11. The average Bonchev–Trinajstić information content (AvgIpc) is 3.56. The molecule has 1 aliphatic rings. The van der Waals surface area contributed by atoms with Gasteiger partial charge >= 0.3 is 0 Å². The number of hydrogen-bond acceptors (Lipinski definition) is 5. The minimum absolute atomic E-state index is 0.0846. The van der Waals surface area contributed by atoms with E-state index in [0.717, 1.165) is 48.4 Å². The minimum atomic E-state index is -0.244. The Hall–Kier alpha value is -4.24. The molecule has 2 amide bonds. The van der Waals surface area contributed by atoms with E-state index in [-0.39, 0.29) is 17.9 Å². The molecule has 2 aromatic heterocycles. The molecule has 0 aliphatic carbocycles. The molecule has 0 spiro atoms. The van der Waals surface area contributed by atoms with Crippen LogP contribution < -0.4 is 16.0 Å². The van der Waals surface area contributed by atoms with Gasteiger partial charge in [-0.1, -0.05) is 30.3 Å². The van der Waals surface area contributed by atoms with Crippen LogP contribution in [0.1, 0.15) is 41.7 Å². The van der Waals surface area contributed by atoms with Crippen LogP contribution in [0.4, 0.5) is 5.95 Å². The van der Waals surface area contributed by atoms with E-state index in [0.29, 0.717) is 30.8 Å². The van der Waals surface area contributed by atoms with Gasteiger partial charge in [-0.05, 0) is 68.6 Å². The Morgan fingerprint density at radius 2 is 1.84 bits per heavy atom. The number of aromatic nitrogens is 4. The zero-order chi connectivity index (χ0) is 26.3. The van der Waals surface area contributed by atoms with Crippen molar-refractivity contribution in [1.29, 1.82) is 0 Å². The third-order valence-electron chi connectivity index (χ3n) is 6.72. The zero-order valence-corrected chi connectivity index (χ0v) is 21.6. The van der Waals surface area contributed by atoms with E-state index in [9.17, 15) is 9.59 Å². The number of para-hydroxylation sites is 1. The number of nitrogens with one attached hydrogen (secondary N) is 3. The van der Waals surface area contributed by atoms with Crippen LogP contribution in [-0.2, 0) is 18.3 Å². The second-order valence-electron chi connectivity index (χ2n) is 9.64. The molecule has 2 aromatic carbocycles. The summed E-state index contributed by atoms with van der Waals surface area (Å²) >= 11 is 0. The van der Waals surface area contributed by atoms with Crippen LogP contribution in [0.5, 0.6) is 0 Å². The van der Waals surface area contributed by atoms with Gasteiger partial charge in [-0.25, -0.2) is 4.98 Å². The van der Waals surface area contributed by atoms with Crippen molar-refractivity contribution in [3.63, 3.8) is 0 Å². The fraction of sp³-hybridized carbons (Fsp3) is 0.310. The fourth-order valence-electron chi connectivity index (χ4n) is 4.70. The second kappa shape index (κ2) is 11.9. The van der Waals surface area contributed by atoms with Crippen LogP contribution in [0.25, 0.3) is 16.8 Å². The van der Waals surface area contributed by atoms with Gasteiger partial charge in [0.25, 0.3) is 5.91 Å². The Kier molecular flexibility index (Phi) is 7.94. The molecule has 1 saturated heterocycles. The predicted octanol–water partition coefficient (Wildman–Crippen LogP) is 3.72. The molecule has 0 bridgehead atoms. The Labute approximate surface area is 222 Å². The number of rotatable bonds is 9. The third kappa shape index (κ3) is 6.36. The number of benzene rings is 2. The number of carbonyl (C=O) groups excluding carboxylic acids is 2. The SMILES string of the molecule is Cn1cc(-c2cccc(C(=O)Nc3nc(CCCC(=O)NC4CCNCC4)cn3-c3ccccc3)c2)cn1. The number of imidazole rings is 1. The number of nitrogens with zero attached hydrogens (tertiary/aromatic N) is 4. The van der Waals surface area contributed by atoms with E-state index in [4.69, 9.17) is 4.98 Å². The first-order valence-electron chi connectivity index (χ1n) is 13.1. The summed E-state index contributed by atoms with van der Waals surface area (Å²) in [4.78, 5) is 30.4. The van der Waals surface area contributed by atoms with Gasteiger partial charge in [0.05, 0.1) is 11.9 Å². The normalized spacial score (nSPS) is 13.8. The first-order valence-corrected chi connectivity index (χ1v) is 13.1. The van der Waals surface area contributed by atoms with Gasteiger partial charge in [0.2, 0.25) is 11.9 Å². The predicted molar refractivity (Wildman–Crippen MR) is 147 cm³/mol. The van der Waals surface area contributed by atoms with E-state index in [2.05, 4.69) is 21.0 Å². The van der Waals surface area contributed by atoms with Crippen molar-refractivity contribution in [2.45, 2.75) is 38.1 Å². The summed E-state index contributed by atoms with van der Waals surface area (Å²) in [7, 11) is 1.86. The van der Waals surface area contributed by atoms with Gasteiger partial charge in [-0.2, -0.15) is 5.10 Å². The topological polar surface area (TPSA) is 106 Å². The minimum Gasteiger partial charge on any atom is -0.353 e. The van der Waals surface area contributed by atoms with E-state index >= 15 is 0 Å². The molecule has 0 unspecified atom stereocenters. The van der Waals surface area contributed by atoms with Crippen LogP contribution in [0, 0.1) is 0 Å². The van der Waals surface area contributed by atoms with E-state index in [1.54, 1.807) is 16.9 Å². The maximum Gasteiger partial charge on any atom is 0.258 e. The second-order valence-corrected chi connectivity index (χ2v) is 9.64. The van der Waals surface area contributed by atoms with Gasteiger partial charge in [-0.3, -0.25) is 24.2 Å². The summed E-state index contributed by atoms with van der Waals surface area (Å²) in [5.74, 6) is 0.287. The average molecular weight is 512 g/mol. The van der Waals surface area contributed by atoms with Gasteiger partial charge in [0, 0.05) is 48.7 Å². The third-order valence-corrected chi connectivity index (χ3v) is 6.72. The number of amides is 2. The number of anilines is 1. The molecule has 4 aromatic rings. The number of piperidine rings is 1. The lowest BCUT2D eigenvalue weighted by Crippen LogP contribution is -2.42. The first kappa shape index (κ1) is 25.4. The number of carbonyl (C=O) groups is 2. The summed E-state index contributed by atoms with van der Waals surface area (Å²) in [5, 5.41) is 13.7. The summed E-state index contributed by atoms with van der Waals surface area (Å²) in [6.45, 7) is 1.90. The van der Waals surface area contributed by atoms with Gasteiger partial charge < -0.3 is 10.6 Å². The molecular formula is C29H33N7O2. The molecule has 196 valence electrons. The van der Waals surface area contributed by atoms with Crippen molar-refractivity contribution in [2.75, 3.05) is 18.4 Å². The molecule has 9 heteroatoms. The molecule has 9 nitrogen and oxygen atoms in total. The molecule has 38 heavy (non-hydrogen) atoms. The fourth-order valence-corrected chi connectivity index (χ4v) is 4.70. The van der Waals surface area contributed by atoms with Crippen LogP contribution in [0.3, 0.4) is 0 Å². The van der Waals surface area contributed by atoms with Gasteiger partial charge in [0.15, 0.2) is 0 Å². The van der Waals surface area contributed by atoms with Crippen LogP contribution in [0.15, 0.2) is 73.2 Å². The lowest BCUT2D eigenvalue weighted by atomic mass is 10.1. The molecule has 1 fully saturated rings. The van der Waals surface area contributed by atoms with E-state index < -0.39 is 0 Å². The highest BCUT2D eigenvalue weighted by molar-refractivity contribution is 6.04. The highest BCUT2D eigenvalue weighted by Gasteiger charge is 2.17. The molecule has 1 aliphatic heterocycles. The largest absolute Gasteiger partial charge is 0.353 e. The smallest absolute Gasteiger partial charge is 0.258 e. The van der Waals surface area contributed by atoms with Crippen LogP contribution in [0.2, 0.25) is 0 Å². The maximum atomic E-state index is 13.2. The van der Waals surface area contributed by atoms with Crippen molar-refractivity contribution < 1.29 is 9.59 Å². The molecule has 3 N–H and O–H groups in total. The first-order chi connectivity index (χ1) is 18.5. The van der Waals surface area contributed by atoms with Crippen molar-refractivity contribution in [3.05, 3.63) is 84.4 Å². The lowest BCUT2D eigenvalue weighted by molar-refractivity contribution is -0.122. The number of aryl methyl sites for hydroxylation is 2. The standard InChI is InChI=1S/C29H33N7O2/c1-35-19-23(18-31-35)21-7-5-8-22(17-21)28(38)34-29-33-25(20-36(29)26-10-3-2-4-11-26)9-6-12-27(37)32-24-13-15-30-16-14-24/h2-5,7-8,10-11,17-20,24,30H,6,9,12-16H2,1H3,(H,32,37)(H,33,34,38). The quantitative estimate of drug-likeness (QED) is 0.318.